The lowest BCUT2D eigenvalue weighted by Crippen LogP contribution is -2.60. The van der Waals surface area contributed by atoms with Crippen LogP contribution >= 0.6 is 0 Å². The lowest BCUT2D eigenvalue weighted by Gasteiger charge is -2.39. The monoisotopic (exact) mass is 423 g/mol. The first-order valence-electron chi connectivity index (χ1n) is 9.33. The number of nitrogens with zero attached hydrogens (tertiary/aromatic N) is 3. The summed E-state index contributed by atoms with van der Waals surface area (Å²) in [7, 11) is 0. The molecule has 1 atom stereocenters. The van der Waals surface area contributed by atoms with E-state index in [9.17, 15) is 22.8 Å². The van der Waals surface area contributed by atoms with Gasteiger partial charge in [-0.25, -0.2) is 22.9 Å². The van der Waals surface area contributed by atoms with Crippen LogP contribution in [-0.4, -0.2) is 51.2 Å². The lowest BCUT2D eigenvalue weighted by molar-refractivity contribution is -0.0594. The molecule has 2 aliphatic heterocycles. The second kappa shape index (κ2) is 7.31. The Bertz CT molecular complexity index is 998. The fraction of sp³-hybridized carbons (Fsp3) is 0.421. The Morgan fingerprint density at radius 2 is 1.90 bits per heavy atom. The van der Waals surface area contributed by atoms with Gasteiger partial charge in [-0.05, 0) is 13.8 Å². The van der Waals surface area contributed by atoms with Crippen molar-refractivity contribution in [1.82, 2.24) is 19.8 Å². The maximum absolute atomic E-state index is 13.4. The van der Waals surface area contributed by atoms with Crippen LogP contribution in [0.3, 0.4) is 0 Å². The molecular weight excluding hydrogens is 403 g/mol. The molecule has 0 bridgehead atoms. The van der Waals surface area contributed by atoms with Crippen molar-refractivity contribution in [2.24, 2.45) is 0 Å². The number of ether oxygens (including phenoxy) is 1. The van der Waals surface area contributed by atoms with E-state index in [1.54, 1.807) is 17.8 Å². The van der Waals surface area contributed by atoms with Crippen LogP contribution in [0.4, 0.5) is 23.7 Å². The number of fused-ring (bicyclic) bond motifs is 1. The molecule has 0 unspecified atom stereocenters. The van der Waals surface area contributed by atoms with E-state index in [0.29, 0.717) is 37.6 Å². The highest BCUT2D eigenvalue weighted by molar-refractivity contribution is 5.94. The topological polar surface area (TPSA) is 88.5 Å². The molecule has 2 N–H and O–H groups in total. The molecule has 3 amide bonds. The summed E-state index contributed by atoms with van der Waals surface area (Å²) in [5.74, 6) is -4.78. The summed E-state index contributed by atoms with van der Waals surface area (Å²) in [6.07, 6.45) is 1.54. The average Bonchev–Trinajstić information content (AvgIpc) is 3.06. The van der Waals surface area contributed by atoms with Gasteiger partial charge in [0.2, 0.25) is 0 Å². The fourth-order valence-corrected chi connectivity index (χ4v) is 3.53. The number of amides is 3. The van der Waals surface area contributed by atoms with Gasteiger partial charge in [-0.1, -0.05) is 0 Å². The number of aromatic nitrogens is 2. The van der Waals surface area contributed by atoms with Gasteiger partial charge in [-0.2, -0.15) is 0 Å². The number of carbonyl (C=O) groups is 2. The minimum absolute atomic E-state index is 0.0646. The molecular formula is C19H20F3N5O3. The number of imidazole rings is 1. The molecule has 1 aromatic carbocycles. The Balaban J connectivity index is 1.52. The van der Waals surface area contributed by atoms with Gasteiger partial charge in [-0.15, -0.1) is 0 Å². The van der Waals surface area contributed by atoms with Gasteiger partial charge in [0.25, 0.3) is 5.91 Å². The first-order chi connectivity index (χ1) is 14.2. The lowest BCUT2D eigenvalue weighted by atomic mass is 10.0. The van der Waals surface area contributed by atoms with E-state index in [1.807, 2.05) is 6.92 Å². The van der Waals surface area contributed by atoms with Gasteiger partial charge >= 0.3 is 6.03 Å². The maximum Gasteiger partial charge on any atom is 0.322 e. The first kappa shape index (κ1) is 20.2. The number of urea groups is 1. The number of hydrogen-bond acceptors (Lipinski definition) is 4. The smallest absolute Gasteiger partial charge is 0.322 e. The number of anilines is 1. The summed E-state index contributed by atoms with van der Waals surface area (Å²) < 4.78 is 46.9. The van der Waals surface area contributed by atoms with Gasteiger partial charge < -0.3 is 24.8 Å². The van der Waals surface area contributed by atoms with Crippen LogP contribution in [0.2, 0.25) is 0 Å². The summed E-state index contributed by atoms with van der Waals surface area (Å²) in [5, 5.41) is 5.25. The summed E-state index contributed by atoms with van der Waals surface area (Å²) in [6, 6.07) is 0.492. The first-order valence-corrected chi connectivity index (χ1v) is 9.33. The number of benzene rings is 1. The molecule has 0 saturated carbocycles. The molecule has 8 nitrogen and oxygen atoms in total. The molecule has 1 aromatic heterocycles. The van der Waals surface area contributed by atoms with Crippen LogP contribution in [0.5, 0.6) is 0 Å². The van der Waals surface area contributed by atoms with E-state index in [4.69, 9.17) is 4.74 Å². The van der Waals surface area contributed by atoms with Gasteiger partial charge in [0, 0.05) is 30.4 Å². The van der Waals surface area contributed by atoms with Gasteiger partial charge in [0.05, 0.1) is 37.3 Å². The highest BCUT2D eigenvalue weighted by Gasteiger charge is 2.37. The molecule has 1 saturated heterocycles. The van der Waals surface area contributed by atoms with E-state index in [1.165, 1.54) is 4.90 Å². The molecule has 2 aliphatic rings. The van der Waals surface area contributed by atoms with E-state index >= 15 is 0 Å². The number of rotatable bonds is 3. The van der Waals surface area contributed by atoms with Gasteiger partial charge in [0.15, 0.2) is 23.1 Å². The van der Waals surface area contributed by atoms with Gasteiger partial charge in [-0.3, -0.25) is 4.79 Å². The molecule has 160 valence electrons. The standard InChI is InChI=1S/C19H20F3N5O3/c1-10-5-26-9-23-16(17(28)25-19(2)7-30-8-19)14(26)6-27(10)18(29)24-11-3-12(20)15(22)13(21)4-11/h3-4,9-10H,5-8H2,1-2H3,(H,24,29)(H,25,28)/t10-/m1/s1. The molecule has 11 heteroatoms. The third-order valence-electron chi connectivity index (χ3n) is 5.23. The van der Waals surface area contributed by atoms with Crippen LogP contribution in [0.15, 0.2) is 18.5 Å². The Hall–Kier alpha value is -3.08. The number of hydrogen-bond donors (Lipinski definition) is 2. The van der Waals surface area contributed by atoms with Crippen LogP contribution in [-0.2, 0) is 17.8 Å². The van der Waals surface area contributed by atoms with Crippen molar-refractivity contribution < 1.29 is 27.5 Å². The zero-order chi connectivity index (χ0) is 21.6. The zero-order valence-corrected chi connectivity index (χ0v) is 16.3. The molecule has 30 heavy (non-hydrogen) atoms. The largest absolute Gasteiger partial charge is 0.376 e. The highest BCUT2D eigenvalue weighted by atomic mass is 19.2. The average molecular weight is 423 g/mol. The maximum atomic E-state index is 13.4. The summed E-state index contributed by atoms with van der Waals surface area (Å²) in [6.45, 7) is 4.92. The van der Waals surface area contributed by atoms with E-state index in [0.717, 1.165) is 0 Å². The number of nitrogens with one attached hydrogen (secondary N) is 2. The second-order valence-electron chi connectivity index (χ2n) is 7.86. The SMILES string of the molecule is C[C@@H]1Cn2cnc(C(=O)NC3(C)COC3)c2CN1C(=O)Nc1cc(F)c(F)c(F)c1. The summed E-state index contributed by atoms with van der Waals surface area (Å²) >= 11 is 0. The Labute approximate surface area is 170 Å². The van der Waals surface area contributed by atoms with E-state index < -0.39 is 29.0 Å². The second-order valence-corrected chi connectivity index (χ2v) is 7.86. The quantitative estimate of drug-likeness (QED) is 0.742. The highest BCUT2D eigenvalue weighted by Crippen LogP contribution is 2.24. The number of halogens is 3. The Morgan fingerprint density at radius 1 is 1.23 bits per heavy atom. The van der Waals surface area contributed by atoms with Crippen molar-refractivity contribution in [3.05, 3.63) is 47.3 Å². The molecule has 0 radical (unpaired) electrons. The summed E-state index contributed by atoms with van der Waals surface area (Å²) in [4.78, 5) is 31.0. The van der Waals surface area contributed by atoms with Crippen molar-refractivity contribution in [2.45, 2.75) is 38.5 Å². The Kier molecular flexibility index (Phi) is 4.92. The van der Waals surface area contributed by atoms with Gasteiger partial charge in [0.1, 0.15) is 0 Å². The molecule has 4 rings (SSSR count). The summed E-state index contributed by atoms with van der Waals surface area (Å²) in [5.41, 5.74) is 0.0786. The normalized spacial score (nSPS) is 19.6. The van der Waals surface area contributed by atoms with Crippen LogP contribution in [0.1, 0.15) is 30.0 Å². The minimum atomic E-state index is -1.61. The van der Waals surface area contributed by atoms with Crippen LogP contribution < -0.4 is 10.6 Å². The third kappa shape index (κ3) is 3.60. The van der Waals surface area contributed by atoms with Crippen molar-refractivity contribution in [3.63, 3.8) is 0 Å². The predicted octanol–water partition coefficient (Wildman–Crippen LogP) is 2.26. The number of carbonyl (C=O) groups excluding carboxylic acids is 2. The van der Waals surface area contributed by atoms with Crippen molar-refractivity contribution >= 4 is 17.6 Å². The van der Waals surface area contributed by atoms with Crippen LogP contribution in [0.25, 0.3) is 0 Å². The molecule has 1 fully saturated rings. The molecule has 3 heterocycles. The predicted molar refractivity (Wildman–Crippen MR) is 99.3 cm³/mol. The zero-order valence-electron chi connectivity index (χ0n) is 16.3. The molecule has 0 aliphatic carbocycles. The van der Waals surface area contributed by atoms with E-state index in [-0.39, 0.29) is 29.9 Å². The fourth-order valence-electron chi connectivity index (χ4n) is 3.53. The molecule has 2 aromatic rings. The molecule has 0 spiro atoms. The van der Waals surface area contributed by atoms with E-state index in [2.05, 4.69) is 15.6 Å². The van der Waals surface area contributed by atoms with Crippen molar-refractivity contribution in [3.8, 4) is 0 Å². The van der Waals surface area contributed by atoms with Crippen LogP contribution in [0, 0.1) is 17.5 Å². The minimum Gasteiger partial charge on any atom is -0.376 e. The third-order valence-corrected chi connectivity index (χ3v) is 5.23. The van der Waals surface area contributed by atoms with Crippen molar-refractivity contribution in [2.75, 3.05) is 18.5 Å². The van der Waals surface area contributed by atoms with Crippen molar-refractivity contribution in [1.29, 1.82) is 0 Å². The Morgan fingerprint density at radius 3 is 2.50 bits per heavy atom.